The first-order chi connectivity index (χ1) is 25.9. The number of nitrogens with one attached hydrogen (secondary N) is 2. The molecular formula is C32H39N4O16P3. The summed E-state index contributed by atoms with van der Waals surface area (Å²) in [5.41, 5.74) is 1.94. The van der Waals surface area contributed by atoms with Crippen molar-refractivity contribution in [1.82, 2.24) is 15.2 Å². The third-order valence-corrected chi connectivity index (χ3v) is 11.7. The van der Waals surface area contributed by atoms with Crippen molar-refractivity contribution in [2.75, 3.05) is 19.7 Å². The molecule has 20 nitrogen and oxygen atoms in total. The quantitative estimate of drug-likeness (QED) is 0.0300. The van der Waals surface area contributed by atoms with Gasteiger partial charge < -0.3 is 50.2 Å². The molecule has 7 N–H and O–H groups in total. The molecule has 23 heteroatoms. The van der Waals surface area contributed by atoms with E-state index in [4.69, 9.17) is 14.5 Å². The van der Waals surface area contributed by atoms with E-state index in [0.717, 1.165) is 21.8 Å². The maximum Gasteiger partial charge on any atom is 0.490 e. The zero-order chi connectivity index (χ0) is 40.2. The average Bonchev–Trinajstić information content (AvgIpc) is 3.70. The molecular weight excluding hydrogens is 789 g/mol. The Labute approximate surface area is 314 Å². The lowest BCUT2D eigenvalue weighted by molar-refractivity contribution is -0.393. The van der Waals surface area contributed by atoms with Crippen LogP contribution in [0.3, 0.4) is 0 Å². The molecule has 55 heavy (non-hydrogen) atoms. The number of phosphoric acid groups is 3. The van der Waals surface area contributed by atoms with Gasteiger partial charge in [0.25, 0.3) is 0 Å². The number of amides is 2. The first-order valence-corrected chi connectivity index (χ1v) is 21.1. The summed E-state index contributed by atoms with van der Waals surface area (Å²) in [4.78, 5) is 72.6. The number of aliphatic hydroxyl groups excluding tert-OH is 1. The molecule has 0 saturated carbocycles. The highest BCUT2D eigenvalue weighted by molar-refractivity contribution is 7.66. The van der Waals surface area contributed by atoms with E-state index in [9.17, 15) is 48.3 Å². The van der Waals surface area contributed by atoms with E-state index in [1.165, 1.54) is 6.20 Å². The van der Waals surface area contributed by atoms with Crippen LogP contribution in [0.1, 0.15) is 60.9 Å². The number of carbonyl (C=O) groups excluding carboxylic acids is 2. The molecule has 0 spiro atoms. The van der Waals surface area contributed by atoms with Crippen molar-refractivity contribution in [1.29, 1.82) is 0 Å². The Kier molecular flexibility index (Phi) is 15.6. The highest BCUT2D eigenvalue weighted by atomic mass is 31.3. The Morgan fingerprint density at radius 3 is 2.18 bits per heavy atom. The van der Waals surface area contributed by atoms with Crippen molar-refractivity contribution >= 4 is 41.1 Å². The molecule has 2 heterocycles. The highest BCUT2D eigenvalue weighted by Gasteiger charge is 2.44. The van der Waals surface area contributed by atoms with Gasteiger partial charge in [-0.1, -0.05) is 78.9 Å². The van der Waals surface area contributed by atoms with Gasteiger partial charge in [0.2, 0.25) is 18.0 Å². The van der Waals surface area contributed by atoms with Gasteiger partial charge in [0.15, 0.2) is 0 Å². The van der Waals surface area contributed by atoms with E-state index < -0.39 is 65.2 Å². The molecule has 1 aliphatic heterocycles. The molecule has 2 aromatic carbocycles. The minimum atomic E-state index is -5.77. The van der Waals surface area contributed by atoms with E-state index in [1.54, 1.807) is 0 Å². The molecule has 2 amide bonds. The third-order valence-electron chi connectivity index (χ3n) is 7.86. The van der Waals surface area contributed by atoms with Crippen LogP contribution in [0, 0.1) is 22.0 Å². The second-order valence-electron chi connectivity index (χ2n) is 12.0. The summed E-state index contributed by atoms with van der Waals surface area (Å²) in [5, 5.41) is 27.7. The molecule has 1 aromatic heterocycles. The minimum absolute atomic E-state index is 0.0600. The van der Waals surface area contributed by atoms with Crippen LogP contribution >= 0.6 is 23.5 Å². The van der Waals surface area contributed by atoms with E-state index in [2.05, 4.69) is 35.6 Å². The fourth-order valence-electron chi connectivity index (χ4n) is 5.48. The number of phosphoric ester groups is 1. The van der Waals surface area contributed by atoms with E-state index in [1.807, 2.05) is 60.7 Å². The Bertz CT molecular complexity index is 1960. The van der Waals surface area contributed by atoms with Gasteiger partial charge in [-0.05, 0) is 28.9 Å². The van der Waals surface area contributed by atoms with Gasteiger partial charge in [-0.3, -0.25) is 14.1 Å². The molecule has 0 radical (unpaired) electrons. The maximum absolute atomic E-state index is 13.1. The predicted octanol–water partition coefficient (Wildman–Crippen LogP) is 3.36. The molecule has 3 unspecified atom stereocenters. The molecule has 0 aliphatic carbocycles. The molecule has 0 bridgehead atoms. The number of aromatic nitrogens is 1. The summed E-state index contributed by atoms with van der Waals surface area (Å²) in [5.74, 6) is 4.10. The second-order valence-corrected chi connectivity index (χ2v) is 16.4. The van der Waals surface area contributed by atoms with Gasteiger partial charge in [-0.2, -0.15) is 8.62 Å². The van der Waals surface area contributed by atoms with Gasteiger partial charge in [-0.15, -0.1) is 0 Å². The summed E-state index contributed by atoms with van der Waals surface area (Å²) in [6, 6.07) is 20.1. The zero-order valence-electron chi connectivity index (χ0n) is 28.9. The van der Waals surface area contributed by atoms with Gasteiger partial charge >= 0.3 is 29.3 Å². The number of hydrogen-bond acceptors (Lipinski definition) is 12. The number of nitro groups is 1. The third kappa shape index (κ3) is 14.2. The van der Waals surface area contributed by atoms with E-state index in [0.29, 0.717) is 25.8 Å². The topological polar surface area (TPSA) is 296 Å². The summed E-state index contributed by atoms with van der Waals surface area (Å²) >= 11 is 0. The first-order valence-electron chi connectivity index (χ1n) is 16.5. The normalized spacial score (nSPS) is 19.1. The zero-order valence-corrected chi connectivity index (χ0v) is 31.5. The summed E-state index contributed by atoms with van der Waals surface area (Å²) in [6.07, 6.45) is -0.883. The van der Waals surface area contributed by atoms with Crippen LogP contribution in [0.15, 0.2) is 72.9 Å². The van der Waals surface area contributed by atoms with Crippen LogP contribution in [0.5, 0.6) is 0 Å². The van der Waals surface area contributed by atoms with Crippen LogP contribution in [0.4, 0.5) is 5.82 Å². The number of aliphatic hydroxyl groups is 1. The lowest BCUT2D eigenvalue weighted by Gasteiger charge is -2.18. The van der Waals surface area contributed by atoms with Gasteiger partial charge in [0.1, 0.15) is 12.3 Å². The highest BCUT2D eigenvalue weighted by Crippen LogP contribution is 2.66. The average molecular weight is 829 g/mol. The number of benzene rings is 2. The van der Waals surface area contributed by atoms with Gasteiger partial charge in [0, 0.05) is 19.4 Å². The number of unbranched alkanes of at least 4 members (excludes halogenated alkanes) is 2. The fraction of sp³-hybridized carbons (Fsp3) is 0.375. The van der Waals surface area contributed by atoms with Crippen LogP contribution in [0.25, 0.3) is 0 Å². The number of hydrogen-bond donors (Lipinski definition) is 7. The standard InChI is InChI=1S/C32H39N4O16P3/c37-26-20-30(50-27(26)22-49-54(45,46)52-55(47,48)51-53(42,43)44)35-21-23(19-29(35)36(40)41)11-10-18-33-28(38)16-8-3-9-17-34-32(39)31(24-12-4-1-5-13-24)25-14-6-2-7-15-25/h1-2,4-7,12-15,19,21,26-27,30-31,37H,3,8-9,16-18,20,22H2,(H,33,38)(H,34,39)(H,45,46)(H,47,48)(H2,42,43,44)/t26?,27-,30-/m1/s1. The lowest BCUT2D eigenvalue weighted by Crippen LogP contribution is -2.30. The molecule has 1 fully saturated rings. The monoisotopic (exact) mass is 828 g/mol. The van der Waals surface area contributed by atoms with Gasteiger partial charge in [-0.25, -0.2) is 18.3 Å². The smallest absolute Gasteiger partial charge is 0.390 e. The Morgan fingerprint density at radius 2 is 1.58 bits per heavy atom. The van der Waals surface area contributed by atoms with Crippen LogP contribution in [-0.2, 0) is 41.2 Å². The van der Waals surface area contributed by atoms with Crippen molar-refractivity contribution in [3.05, 3.63) is 99.7 Å². The number of nitrogens with zero attached hydrogens (tertiary/aromatic N) is 2. The lowest BCUT2D eigenvalue weighted by atomic mass is 9.90. The van der Waals surface area contributed by atoms with Crippen LogP contribution < -0.4 is 10.6 Å². The largest absolute Gasteiger partial charge is 0.490 e. The Morgan fingerprint density at radius 1 is 0.945 bits per heavy atom. The molecule has 5 atom stereocenters. The minimum Gasteiger partial charge on any atom is -0.390 e. The van der Waals surface area contributed by atoms with Crippen molar-refractivity contribution in [3.63, 3.8) is 0 Å². The van der Waals surface area contributed by atoms with Crippen molar-refractivity contribution in [2.24, 2.45) is 0 Å². The molecule has 1 saturated heterocycles. The summed E-state index contributed by atoms with van der Waals surface area (Å²) in [6.45, 7) is -0.569. The predicted molar refractivity (Wildman–Crippen MR) is 192 cm³/mol. The molecule has 1 aliphatic rings. The summed E-state index contributed by atoms with van der Waals surface area (Å²) in [7, 11) is -16.9. The van der Waals surface area contributed by atoms with E-state index in [-0.39, 0.29) is 36.8 Å². The number of carbonyl (C=O) groups is 2. The second kappa shape index (κ2) is 19.7. The van der Waals surface area contributed by atoms with E-state index >= 15 is 0 Å². The molecule has 4 rings (SSSR count). The first kappa shape index (κ1) is 43.7. The fourth-order valence-corrected chi connectivity index (χ4v) is 8.51. The molecule has 298 valence electrons. The Hall–Kier alpha value is -4.05. The Balaban J connectivity index is 1.19. The maximum atomic E-state index is 13.1. The number of ether oxygens (including phenoxy) is 1. The summed E-state index contributed by atoms with van der Waals surface area (Å²) < 4.78 is 52.6. The van der Waals surface area contributed by atoms with Crippen molar-refractivity contribution in [3.8, 4) is 11.8 Å². The SMILES string of the molecule is O=C(CCCCCNC(=O)C(c1ccccc1)c1ccccc1)NCC#Cc1cc([N+](=O)[O-])n([C@H]2CC(O)[C@@H](COP(=O)(O)OP(=O)(O)OP(=O)(O)O)O2)c1. The number of rotatable bonds is 19. The van der Waals surface area contributed by atoms with Crippen LogP contribution in [-0.4, -0.2) is 77.9 Å². The van der Waals surface area contributed by atoms with Crippen molar-refractivity contribution in [2.45, 2.75) is 56.5 Å². The molecule has 3 aromatic rings. The van der Waals surface area contributed by atoms with Crippen LogP contribution in [0.2, 0.25) is 0 Å². The van der Waals surface area contributed by atoms with Gasteiger partial charge in [0.05, 0.1) is 36.8 Å². The van der Waals surface area contributed by atoms with Crippen molar-refractivity contribution < 1.29 is 70.8 Å².